The van der Waals surface area contributed by atoms with E-state index in [9.17, 15) is 9.59 Å². The fourth-order valence-electron chi connectivity index (χ4n) is 2.06. The second kappa shape index (κ2) is 8.34. The standard InChI is InChI=1S/C18H19ClN2O2/c1-2-3-12-20-18(23)15-6-4-5-7-16(15)21-17(22)13-8-10-14(19)11-9-13/h4-11H,2-3,12H2,1H3,(H,20,23)(H,21,22). The average Bonchev–Trinajstić information content (AvgIpc) is 2.56. The van der Waals surface area contributed by atoms with E-state index in [0.29, 0.717) is 28.4 Å². The van der Waals surface area contributed by atoms with Crippen molar-refractivity contribution in [3.05, 3.63) is 64.7 Å². The first-order valence-corrected chi connectivity index (χ1v) is 7.93. The zero-order chi connectivity index (χ0) is 16.7. The van der Waals surface area contributed by atoms with Crippen molar-refractivity contribution in [1.82, 2.24) is 5.32 Å². The highest BCUT2D eigenvalue weighted by atomic mass is 35.5. The van der Waals surface area contributed by atoms with Crippen LogP contribution in [0.25, 0.3) is 0 Å². The number of hydrogen-bond donors (Lipinski definition) is 2. The Labute approximate surface area is 140 Å². The fourth-order valence-corrected chi connectivity index (χ4v) is 2.19. The van der Waals surface area contributed by atoms with E-state index >= 15 is 0 Å². The molecule has 0 radical (unpaired) electrons. The Kier molecular flexibility index (Phi) is 6.18. The lowest BCUT2D eigenvalue weighted by molar-refractivity contribution is 0.0954. The summed E-state index contributed by atoms with van der Waals surface area (Å²) in [5.41, 5.74) is 1.42. The maximum atomic E-state index is 12.3. The number of halogens is 1. The third-order valence-corrected chi connectivity index (χ3v) is 3.59. The minimum absolute atomic E-state index is 0.189. The molecule has 2 rings (SSSR count). The monoisotopic (exact) mass is 330 g/mol. The molecule has 2 amide bonds. The molecule has 0 spiro atoms. The molecule has 0 aliphatic heterocycles. The maximum absolute atomic E-state index is 12.3. The summed E-state index contributed by atoms with van der Waals surface area (Å²) in [6, 6.07) is 13.5. The molecule has 0 fully saturated rings. The van der Waals surface area contributed by atoms with Gasteiger partial charge in [0.25, 0.3) is 11.8 Å². The van der Waals surface area contributed by atoms with Gasteiger partial charge in [0.2, 0.25) is 0 Å². The summed E-state index contributed by atoms with van der Waals surface area (Å²) in [5, 5.41) is 6.19. The fraction of sp³-hybridized carbons (Fsp3) is 0.222. The van der Waals surface area contributed by atoms with Crippen molar-refractivity contribution in [2.24, 2.45) is 0 Å². The Hall–Kier alpha value is -2.33. The SMILES string of the molecule is CCCCNC(=O)c1ccccc1NC(=O)c1ccc(Cl)cc1. The topological polar surface area (TPSA) is 58.2 Å². The molecule has 0 saturated carbocycles. The summed E-state index contributed by atoms with van der Waals surface area (Å²) < 4.78 is 0. The van der Waals surface area contributed by atoms with Gasteiger partial charge in [-0.3, -0.25) is 9.59 Å². The van der Waals surface area contributed by atoms with E-state index in [-0.39, 0.29) is 11.8 Å². The summed E-state index contributed by atoms with van der Waals surface area (Å²) >= 11 is 5.82. The van der Waals surface area contributed by atoms with Gasteiger partial charge < -0.3 is 10.6 Å². The van der Waals surface area contributed by atoms with Crippen LogP contribution in [-0.2, 0) is 0 Å². The molecule has 2 aromatic rings. The molecule has 0 atom stereocenters. The highest BCUT2D eigenvalue weighted by molar-refractivity contribution is 6.30. The number of unbranched alkanes of at least 4 members (excludes halogenated alkanes) is 1. The Morgan fingerprint density at radius 3 is 2.39 bits per heavy atom. The summed E-state index contributed by atoms with van der Waals surface area (Å²) in [5.74, 6) is -0.471. The summed E-state index contributed by atoms with van der Waals surface area (Å²) in [7, 11) is 0. The number of benzene rings is 2. The zero-order valence-corrected chi connectivity index (χ0v) is 13.7. The van der Waals surface area contributed by atoms with Crippen molar-refractivity contribution in [3.8, 4) is 0 Å². The highest BCUT2D eigenvalue weighted by Gasteiger charge is 2.13. The van der Waals surface area contributed by atoms with Crippen LogP contribution in [-0.4, -0.2) is 18.4 Å². The van der Waals surface area contributed by atoms with E-state index in [1.165, 1.54) is 0 Å². The lowest BCUT2D eigenvalue weighted by Crippen LogP contribution is -2.26. The van der Waals surface area contributed by atoms with Crippen LogP contribution in [0.2, 0.25) is 5.02 Å². The van der Waals surface area contributed by atoms with Crippen LogP contribution >= 0.6 is 11.6 Å². The minimum atomic E-state index is -0.282. The van der Waals surface area contributed by atoms with E-state index in [0.717, 1.165) is 12.8 Å². The van der Waals surface area contributed by atoms with Crippen LogP contribution in [0.5, 0.6) is 0 Å². The molecule has 2 aromatic carbocycles. The van der Waals surface area contributed by atoms with Crippen molar-refractivity contribution in [2.75, 3.05) is 11.9 Å². The molecule has 4 nitrogen and oxygen atoms in total. The van der Waals surface area contributed by atoms with E-state index < -0.39 is 0 Å². The predicted molar refractivity (Wildman–Crippen MR) is 93.1 cm³/mol. The number of rotatable bonds is 6. The molecule has 0 aliphatic carbocycles. The highest BCUT2D eigenvalue weighted by Crippen LogP contribution is 2.17. The van der Waals surface area contributed by atoms with Crippen molar-refractivity contribution < 1.29 is 9.59 Å². The van der Waals surface area contributed by atoms with Gasteiger partial charge in [-0.2, -0.15) is 0 Å². The van der Waals surface area contributed by atoms with Crippen molar-refractivity contribution in [2.45, 2.75) is 19.8 Å². The quantitative estimate of drug-likeness (QED) is 0.783. The summed E-state index contributed by atoms with van der Waals surface area (Å²) in [6.07, 6.45) is 1.93. The predicted octanol–water partition coefficient (Wildman–Crippen LogP) is 4.12. The lowest BCUT2D eigenvalue weighted by atomic mass is 10.1. The molecule has 5 heteroatoms. The van der Waals surface area contributed by atoms with Crippen LogP contribution in [0.3, 0.4) is 0 Å². The molecule has 0 aliphatic rings. The van der Waals surface area contributed by atoms with Crippen molar-refractivity contribution in [1.29, 1.82) is 0 Å². The van der Waals surface area contributed by atoms with Gasteiger partial charge >= 0.3 is 0 Å². The summed E-state index contributed by atoms with van der Waals surface area (Å²) in [4.78, 5) is 24.5. The van der Waals surface area contributed by atoms with Gasteiger partial charge in [-0.1, -0.05) is 37.1 Å². The maximum Gasteiger partial charge on any atom is 0.255 e. The second-order valence-electron chi connectivity index (χ2n) is 5.12. The van der Waals surface area contributed by atoms with Crippen molar-refractivity contribution >= 4 is 29.1 Å². The van der Waals surface area contributed by atoms with Crippen LogP contribution in [0.15, 0.2) is 48.5 Å². The third-order valence-electron chi connectivity index (χ3n) is 3.34. The lowest BCUT2D eigenvalue weighted by Gasteiger charge is -2.11. The molecule has 0 heterocycles. The van der Waals surface area contributed by atoms with Gasteiger partial charge in [-0.05, 0) is 42.8 Å². The molecule has 2 N–H and O–H groups in total. The van der Waals surface area contributed by atoms with E-state index in [2.05, 4.69) is 17.6 Å². The molecule has 23 heavy (non-hydrogen) atoms. The average molecular weight is 331 g/mol. The number of para-hydroxylation sites is 1. The Balaban J connectivity index is 2.12. The number of amides is 2. The smallest absolute Gasteiger partial charge is 0.255 e. The van der Waals surface area contributed by atoms with E-state index in [4.69, 9.17) is 11.6 Å². The van der Waals surface area contributed by atoms with Gasteiger partial charge in [0.05, 0.1) is 11.3 Å². The molecule has 0 bridgehead atoms. The van der Waals surface area contributed by atoms with Gasteiger partial charge in [-0.15, -0.1) is 0 Å². The number of carbonyl (C=O) groups excluding carboxylic acids is 2. The van der Waals surface area contributed by atoms with E-state index in [1.807, 2.05) is 0 Å². The number of anilines is 1. The first-order chi connectivity index (χ1) is 11.1. The third kappa shape index (κ3) is 4.83. The second-order valence-corrected chi connectivity index (χ2v) is 5.55. The molecule has 0 unspecified atom stereocenters. The van der Waals surface area contributed by atoms with Crippen LogP contribution in [0.1, 0.15) is 40.5 Å². The van der Waals surface area contributed by atoms with Gasteiger partial charge in [-0.25, -0.2) is 0 Å². The number of carbonyl (C=O) groups is 2. The Morgan fingerprint density at radius 1 is 1.00 bits per heavy atom. The van der Waals surface area contributed by atoms with Gasteiger partial charge in [0.1, 0.15) is 0 Å². The van der Waals surface area contributed by atoms with Crippen LogP contribution in [0, 0.1) is 0 Å². The largest absolute Gasteiger partial charge is 0.352 e. The normalized spacial score (nSPS) is 10.2. The number of hydrogen-bond acceptors (Lipinski definition) is 2. The minimum Gasteiger partial charge on any atom is -0.352 e. The van der Waals surface area contributed by atoms with Crippen molar-refractivity contribution in [3.63, 3.8) is 0 Å². The van der Waals surface area contributed by atoms with Gasteiger partial charge in [0, 0.05) is 17.1 Å². The Morgan fingerprint density at radius 2 is 1.70 bits per heavy atom. The van der Waals surface area contributed by atoms with Crippen LogP contribution < -0.4 is 10.6 Å². The molecule has 0 aromatic heterocycles. The summed E-state index contributed by atoms with van der Waals surface area (Å²) in [6.45, 7) is 2.68. The number of nitrogens with one attached hydrogen (secondary N) is 2. The zero-order valence-electron chi connectivity index (χ0n) is 12.9. The molecular weight excluding hydrogens is 312 g/mol. The molecule has 120 valence electrons. The first-order valence-electron chi connectivity index (χ1n) is 7.56. The van der Waals surface area contributed by atoms with E-state index in [1.54, 1.807) is 48.5 Å². The van der Waals surface area contributed by atoms with Crippen LogP contribution in [0.4, 0.5) is 5.69 Å². The molecular formula is C18H19ClN2O2. The first kappa shape index (κ1) is 17.0. The molecule has 0 saturated heterocycles. The van der Waals surface area contributed by atoms with Gasteiger partial charge in [0.15, 0.2) is 0 Å². The Bertz CT molecular complexity index is 684.